The lowest BCUT2D eigenvalue weighted by molar-refractivity contribution is -0.114. The molecular weight excluding hydrogens is 578 g/mol. The van der Waals surface area contributed by atoms with Crippen LogP contribution in [-0.2, 0) is 24.8 Å². The highest BCUT2D eigenvalue weighted by molar-refractivity contribution is 7.93. The first-order valence-electron chi connectivity index (χ1n) is 12.7. The number of aryl methyl sites for hydroxylation is 2. The largest absolute Gasteiger partial charge is 0.493 e. The monoisotopic (exact) mass is 609 g/mol. The Labute approximate surface area is 246 Å². The van der Waals surface area contributed by atoms with Crippen molar-refractivity contribution in [3.05, 3.63) is 102 Å². The molecular formula is C30H31N3O7S2. The Bertz CT molecular complexity index is 1790. The van der Waals surface area contributed by atoms with E-state index < -0.39 is 32.5 Å². The average Bonchev–Trinajstić information content (AvgIpc) is 2.97. The van der Waals surface area contributed by atoms with E-state index in [4.69, 9.17) is 9.47 Å². The fourth-order valence-corrected chi connectivity index (χ4v) is 6.76. The topological polar surface area (TPSA) is 131 Å². The van der Waals surface area contributed by atoms with Gasteiger partial charge in [0.2, 0.25) is 5.91 Å². The number of nitrogens with one attached hydrogen (secondary N) is 2. The van der Waals surface area contributed by atoms with E-state index in [0.29, 0.717) is 11.4 Å². The summed E-state index contributed by atoms with van der Waals surface area (Å²) in [5, 5.41) is 2.64. The van der Waals surface area contributed by atoms with Crippen molar-refractivity contribution in [2.75, 3.05) is 35.1 Å². The molecule has 1 amide bonds. The standard InChI is InChI=1S/C30H31N3O7S2/c1-21-10-16-27(22(2)18-21)32-41(35,36)25-14-11-23(12-15-25)31-30(34)20-33(42(37,38)26-8-6-5-7-9-26)24-13-17-28(39-3)29(19-24)40-4/h5-19,32H,20H2,1-4H3,(H,31,34). The summed E-state index contributed by atoms with van der Waals surface area (Å²) in [6.07, 6.45) is 0. The molecule has 0 spiro atoms. The first-order chi connectivity index (χ1) is 19.9. The number of rotatable bonds is 11. The van der Waals surface area contributed by atoms with Gasteiger partial charge in [-0.2, -0.15) is 0 Å². The third-order valence-electron chi connectivity index (χ3n) is 6.35. The van der Waals surface area contributed by atoms with Crippen molar-refractivity contribution in [1.82, 2.24) is 0 Å². The fourth-order valence-electron chi connectivity index (χ4n) is 4.19. The summed E-state index contributed by atoms with van der Waals surface area (Å²) in [5.74, 6) is 0.0352. The van der Waals surface area contributed by atoms with Crippen molar-refractivity contribution in [1.29, 1.82) is 0 Å². The Morgan fingerprint density at radius 3 is 2.05 bits per heavy atom. The summed E-state index contributed by atoms with van der Waals surface area (Å²) in [7, 11) is -5.16. The molecule has 42 heavy (non-hydrogen) atoms. The minimum atomic E-state index is -4.16. The van der Waals surface area contributed by atoms with Gasteiger partial charge in [-0.1, -0.05) is 35.9 Å². The SMILES string of the molecule is COc1ccc(N(CC(=O)Nc2ccc(S(=O)(=O)Nc3ccc(C)cc3C)cc2)S(=O)(=O)c2ccccc2)cc1OC. The quantitative estimate of drug-likeness (QED) is 0.246. The predicted octanol–water partition coefficient (Wildman–Crippen LogP) is 4.96. The molecule has 0 saturated carbocycles. The van der Waals surface area contributed by atoms with E-state index in [-0.39, 0.29) is 26.9 Å². The molecule has 4 aromatic carbocycles. The number of hydrogen-bond donors (Lipinski definition) is 2. The molecule has 0 atom stereocenters. The molecule has 0 aromatic heterocycles. The van der Waals surface area contributed by atoms with Gasteiger partial charge >= 0.3 is 0 Å². The van der Waals surface area contributed by atoms with Crippen molar-refractivity contribution in [3.8, 4) is 11.5 Å². The summed E-state index contributed by atoms with van der Waals surface area (Å²) >= 11 is 0. The molecule has 2 N–H and O–H groups in total. The Hall–Kier alpha value is -4.55. The highest BCUT2D eigenvalue weighted by Gasteiger charge is 2.28. The molecule has 10 nitrogen and oxygen atoms in total. The Balaban J connectivity index is 1.56. The maximum Gasteiger partial charge on any atom is 0.264 e. The van der Waals surface area contributed by atoms with Gasteiger partial charge in [-0.05, 0) is 74.0 Å². The average molecular weight is 610 g/mol. The Kier molecular flexibility index (Phi) is 9.08. The Morgan fingerprint density at radius 1 is 0.762 bits per heavy atom. The van der Waals surface area contributed by atoms with E-state index in [1.165, 1.54) is 62.8 Å². The smallest absolute Gasteiger partial charge is 0.264 e. The zero-order chi connectivity index (χ0) is 30.5. The van der Waals surface area contributed by atoms with Gasteiger partial charge in [0.1, 0.15) is 6.54 Å². The van der Waals surface area contributed by atoms with Crippen LogP contribution in [0.5, 0.6) is 11.5 Å². The van der Waals surface area contributed by atoms with Crippen LogP contribution in [0.25, 0.3) is 0 Å². The van der Waals surface area contributed by atoms with Crippen molar-refractivity contribution < 1.29 is 31.1 Å². The molecule has 0 heterocycles. The predicted molar refractivity (Wildman–Crippen MR) is 162 cm³/mol. The number of methoxy groups -OCH3 is 2. The van der Waals surface area contributed by atoms with Gasteiger partial charge in [0.05, 0.1) is 35.4 Å². The van der Waals surface area contributed by atoms with Crippen molar-refractivity contribution in [2.24, 2.45) is 0 Å². The van der Waals surface area contributed by atoms with E-state index in [2.05, 4.69) is 10.0 Å². The van der Waals surface area contributed by atoms with Crippen molar-refractivity contribution in [2.45, 2.75) is 23.6 Å². The van der Waals surface area contributed by atoms with E-state index in [1.54, 1.807) is 30.3 Å². The second-order valence-electron chi connectivity index (χ2n) is 9.36. The zero-order valence-electron chi connectivity index (χ0n) is 23.5. The van der Waals surface area contributed by atoms with Gasteiger partial charge in [0.15, 0.2) is 11.5 Å². The molecule has 0 radical (unpaired) electrons. The molecule has 0 fully saturated rings. The second-order valence-corrected chi connectivity index (χ2v) is 12.9. The number of benzene rings is 4. The third-order valence-corrected chi connectivity index (χ3v) is 9.52. The maximum absolute atomic E-state index is 13.6. The molecule has 0 aliphatic heterocycles. The van der Waals surface area contributed by atoms with Crippen molar-refractivity contribution in [3.63, 3.8) is 0 Å². The van der Waals surface area contributed by atoms with E-state index >= 15 is 0 Å². The van der Waals surface area contributed by atoms with Gasteiger partial charge in [0, 0.05) is 11.8 Å². The number of carbonyl (C=O) groups is 1. The van der Waals surface area contributed by atoms with Gasteiger partial charge < -0.3 is 14.8 Å². The van der Waals surface area contributed by atoms with Crippen LogP contribution in [0, 0.1) is 13.8 Å². The minimum Gasteiger partial charge on any atom is -0.493 e. The number of ether oxygens (including phenoxy) is 2. The minimum absolute atomic E-state index is 0.000848. The molecule has 12 heteroatoms. The van der Waals surface area contributed by atoms with Crippen LogP contribution in [0.2, 0.25) is 0 Å². The van der Waals surface area contributed by atoms with Crippen molar-refractivity contribution >= 4 is 43.0 Å². The molecule has 0 aliphatic rings. The molecule has 220 valence electrons. The number of carbonyl (C=O) groups excluding carboxylic acids is 1. The molecule has 4 aromatic rings. The van der Waals surface area contributed by atoms with E-state index in [0.717, 1.165) is 15.4 Å². The first-order valence-corrected chi connectivity index (χ1v) is 15.7. The number of anilines is 3. The number of nitrogens with zero attached hydrogens (tertiary/aromatic N) is 1. The van der Waals surface area contributed by atoms with Crippen LogP contribution in [0.15, 0.2) is 101 Å². The van der Waals surface area contributed by atoms with Crippen LogP contribution >= 0.6 is 0 Å². The molecule has 0 aliphatic carbocycles. The normalized spacial score (nSPS) is 11.4. The molecule has 0 unspecified atom stereocenters. The van der Waals surface area contributed by atoms with Crippen LogP contribution in [-0.4, -0.2) is 43.5 Å². The van der Waals surface area contributed by atoms with Gasteiger partial charge in [-0.3, -0.25) is 13.8 Å². The maximum atomic E-state index is 13.6. The third kappa shape index (κ3) is 6.84. The fraction of sp³-hybridized carbons (Fsp3) is 0.167. The molecule has 0 saturated heterocycles. The summed E-state index contributed by atoms with van der Waals surface area (Å²) < 4.78 is 67.2. The highest BCUT2D eigenvalue weighted by atomic mass is 32.2. The Morgan fingerprint density at radius 2 is 1.43 bits per heavy atom. The molecule has 0 bridgehead atoms. The lowest BCUT2D eigenvalue weighted by atomic mass is 10.1. The van der Waals surface area contributed by atoms with Crippen LogP contribution < -0.4 is 23.8 Å². The summed E-state index contributed by atoms with van der Waals surface area (Å²) in [6, 6.07) is 23.2. The summed E-state index contributed by atoms with van der Waals surface area (Å²) in [6.45, 7) is 3.16. The lowest BCUT2D eigenvalue weighted by Crippen LogP contribution is -2.38. The lowest BCUT2D eigenvalue weighted by Gasteiger charge is -2.25. The number of hydrogen-bond acceptors (Lipinski definition) is 7. The van der Waals surface area contributed by atoms with E-state index in [9.17, 15) is 21.6 Å². The number of amides is 1. The van der Waals surface area contributed by atoms with Crippen LogP contribution in [0.1, 0.15) is 11.1 Å². The number of sulfonamides is 2. The summed E-state index contributed by atoms with van der Waals surface area (Å²) in [5.41, 5.74) is 2.73. The summed E-state index contributed by atoms with van der Waals surface area (Å²) in [4.78, 5) is 13.1. The van der Waals surface area contributed by atoms with E-state index in [1.807, 2.05) is 26.0 Å². The van der Waals surface area contributed by atoms with Gasteiger partial charge in [0.25, 0.3) is 20.0 Å². The highest BCUT2D eigenvalue weighted by Crippen LogP contribution is 2.34. The first kappa shape index (κ1) is 30.4. The van der Waals surface area contributed by atoms with Gasteiger partial charge in [-0.25, -0.2) is 16.8 Å². The van der Waals surface area contributed by atoms with Crippen LogP contribution in [0.3, 0.4) is 0 Å². The second kappa shape index (κ2) is 12.5. The van der Waals surface area contributed by atoms with Gasteiger partial charge in [-0.15, -0.1) is 0 Å². The zero-order valence-corrected chi connectivity index (χ0v) is 25.1. The molecule has 4 rings (SSSR count). The van der Waals surface area contributed by atoms with Crippen LogP contribution in [0.4, 0.5) is 17.1 Å².